The van der Waals surface area contributed by atoms with Gasteiger partial charge in [0.25, 0.3) is 0 Å². The largest absolute Gasteiger partial charge is 0.416 e. The number of alkyl halides is 3. The Bertz CT molecular complexity index is 431. The van der Waals surface area contributed by atoms with Crippen molar-refractivity contribution in [2.24, 2.45) is 0 Å². The summed E-state index contributed by atoms with van der Waals surface area (Å²) in [6.07, 6.45) is -2.63. The lowest BCUT2D eigenvalue weighted by Gasteiger charge is -2.20. The van der Waals surface area contributed by atoms with E-state index in [4.69, 9.17) is 0 Å². The van der Waals surface area contributed by atoms with Crippen LogP contribution in [0.25, 0.3) is 0 Å². The van der Waals surface area contributed by atoms with Gasteiger partial charge in [-0.25, -0.2) is 0 Å². The van der Waals surface area contributed by atoms with E-state index in [1.807, 2.05) is 0 Å². The highest BCUT2D eigenvalue weighted by Gasteiger charge is 2.30. The molecule has 1 fully saturated rings. The van der Waals surface area contributed by atoms with Crippen LogP contribution >= 0.6 is 0 Å². The summed E-state index contributed by atoms with van der Waals surface area (Å²) in [5.41, 5.74) is -0.308. The Hall–Kier alpha value is -1.27. The molecule has 0 bridgehead atoms. The molecule has 2 rings (SSSR count). The van der Waals surface area contributed by atoms with E-state index in [9.17, 15) is 18.3 Å². The molecule has 1 heterocycles. The Labute approximate surface area is 116 Å². The van der Waals surface area contributed by atoms with Crippen LogP contribution in [0.15, 0.2) is 24.3 Å². The Morgan fingerprint density at radius 1 is 1.25 bits per heavy atom. The number of hydrogen-bond acceptors (Lipinski definition) is 3. The van der Waals surface area contributed by atoms with Crippen LogP contribution in [-0.2, 0) is 6.18 Å². The number of aliphatic hydroxyl groups excluding tert-OH is 1. The summed E-state index contributed by atoms with van der Waals surface area (Å²) >= 11 is 0. The summed E-state index contributed by atoms with van der Waals surface area (Å²) in [5, 5.41) is 12.7. The summed E-state index contributed by atoms with van der Waals surface area (Å²) < 4.78 is 37.7. The zero-order valence-electron chi connectivity index (χ0n) is 11.2. The topological polar surface area (TPSA) is 35.5 Å². The number of rotatable bonds is 5. The molecule has 1 aromatic carbocycles. The van der Waals surface area contributed by atoms with Crippen LogP contribution in [0, 0.1) is 0 Å². The van der Waals surface area contributed by atoms with Crippen molar-refractivity contribution < 1.29 is 18.3 Å². The number of aliphatic hydroxyl groups is 1. The van der Waals surface area contributed by atoms with Crippen molar-refractivity contribution in [1.82, 2.24) is 4.90 Å². The van der Waals surface area contributed by atoms with Gasteiger partial charge in [-0.2, -0.15) is 13.2 Å². The van der Waals surface area contributed by atoms with Crippen molar-refractivity contribution in [2.75, 3.05) is 31.5 Å². The summed E-state index contributed by atoms with van der Waals surface area (Å²) in [6, 6.07) is 5.02. The van der Waals surface area contributed by atoms with Gasteiger partial charge in [-0.05, 0) is 44.1 Å². The van der Waals surface area contributed by atoms with E-state index in [0.717, 1.165) is 38.1 Å². The van der Waals surface area contributed by atoms with Gasteiger partial charge in [0, 0.05) is 18.8 Å². The highest BCUT2D eigenvalue weighted by atomic mass is 19.4. The average Bonchev–Trinajstić information content (AvgIpc) is 2.88. The SMILES string of the molecule is OC(CNc1cccc(C(F)(F)F)c1)CN1CCCC1. The van der Waals surface area contributed by atoms with Crippen molar-refractivity contribution in [3.05, 3.63) is 29.8 Å². The standard InChI is InChI=1S/C14H19F3N2O/c15-14(16,17)11-4-3-5-12(8-11)18-9-13(20)10-19-6-1-2-7-19/h3-5,8,13,18,20H,1-2,6-7,9-10H2. The quantitative estimate of drug-likeness (QED) is 0.874. The summed E-state index contributed by atoms with van der Waals surface area (Å²) in [5.74, 6) is 0. The van der Waals surface area contributed by atoms with Crippen LogP contribution in [0.5, 0.6) is 0 Å². The molecule has 1 aliphatic heterocycles. The van der Waals surface area contributed by atoms with E-state index in [1.165, 1.54) is 6.07 Å². The first-order chi connectivity index (χ1) is 9.45. The van der Waals surface area contributed by atoms with Crippen LogP contribution in [-0.4, -0.2) is 42.3 Å². The van der Waals surface area contributed by atoms with E-state index < -0.39 is 17.8 Å². The first-order valence-electron chi connectivity index (χ1n) is 6.77. The zero-order valence-corrected chi connectivity index (χ0v) is 11.2. The molecule has 112 valence electrons. The van der Waals surface area contributed by atoms with Gasteiger partial charge >= 0.3 is 6.18 Å². The average molecular weight is 288 g/mol. The first kappa shape index (κ1) is 15.1. The third-order valence-electron chi connectivity index (χ3n) is 3.40. The van der Waals surface area contributed by atoms with Crippen LogP contribution in [0.4, 0.5) is 18.9 Å². The van der Waals surface area contributed by atoms with Gasteiger partial charge in [-0.3, -0.25) is 0 Å². The molecule has 0 aromatic heterocycles. The number of likely N-dealkylation sites (tertiary alicyclic amines) is 1. The minimum absolute atomic E-state index is 0.248. The molecule has 0 aliphatic carbocycles. The molecule has 1 unspecified atom stereocenters. The number of benzene rings is 1. The third kappa shape index (κ3) is 4.38. The molecule has 0 amide bonds. The van der Waals surface area contributed by atoms with Crippen LogP contribution in [0.2, 0.25) is 0 Å². The van der Waals surface area contributed by atoms with E-state index in [-0.39, 0.29) is 6.54 Å². The van der Waals surface area contributed by atoms with Gasteiger partial charge in [0.1, 0.15) is 0 Å². The fourth-order valence-corrected chi connectivity index (χ4v) is 2.37. The summed E-state index contributed by atoms with van der Waals surface area (Å²) in [4.78, 5) is 2.17. The van der Waals surface area contributed by atoms with E-state index >= 15 is 0 Å². The predicted octanol–water partition coefficient (Wildman–Crippen LogP) is 2.57. The van der Waals surface area contributed by atoms with Gasteiger partial charge in [0.2, 0.25) is 0 Å². The second-order valence-corrected chi connectivity index (χ2v) is 5.12. The molecule has 0 spiro atoms. The van der Waals surface area contributed by atoms with E-state index in [0.29, 0.717) is 12.2 Å². The Balaban J connectivity index is 1.84. The van der Waals surface area contributed by atoms with Crippen LogP contribution in [0.3, 0.4) is 0 Å². The lowest BCUT2D eigenvalue weighted by molar-refractivity contribution is -0.137. The maximum Gasteiger partial charge on any atom is 0.416 e. The molecule has 3 nitrogen and oxygen atoms in total. The maximum absolute atomic E-state index is 12.6. The fraction of sp³-hybridized carbons (Fsp3) is 0.571. The van der Waals surface area contributed by atoms with Gasteiger partial charge in [0.05, 0.1) is 11.7 Å². The predicted molar refractivity (Wildman–Crippen MR) is 71.6 cm³/mol. The van der Waals surface area contributed by atoms with Crippen LogP contribution in [0.1, 0.15) is 18.4 Å². The van der Waals surface area contributed by atoms with Gasteiger partial charge in [-0.15, -0.1) is 0 Å². The van der Waals surface area contributed by atoms with Crippen LogP contribution < -0.4 is 5.32 Å². The minimum Gasteiger partial charge on any atom is -0.390 e. The molecule has 2 N–H and O–H groups in total. The zero-order chi connectivity index (χ0) is 14.6. The minimum atomic E-state index is -4.34. The highest BCUT2D eigenvalue weighted by Crippen LogP contribution is 2.30. The van der Waals surface area contributed by atoms with Crippen molar-refractivity contribution in [1.29, 1.82) is 0 Å². The molecule has 0 radical (unpaired) electrons. The molecule has 1 aromatic rings. The number of hydrogen-bond donors (Lipinski definition) is 2. The molecule has 0 saturated carbocycles. The lowest BCUT2D eigenvalue weighted by Crippen LogP contribution is -2.34. The smallest absolute Gasteiger partial charge is 0.390 e. The highest BCUT2D eigenvalue weighted by molar-refractivity contribution is 5.46. The van der Waals surface area contributed by atoms with Crippen molar-refractivity contribution in [2.45, 2.75) is 25.1 Å². The number of nitrogens with zero attached hydrogens (tertiary/aromatic N) is 1. The molecule has 20 heavy (non-hydrogen) atoms. The van der Waals surface area contributed by atoms with Gasteiger partial charge in [0.15, 0.2) is 0 Å². The Kier molecular flexibility index (Phi) is 4.88. The number of β-amino-alcohol motifs (C(OH)–C–C–N with tert-alkyl or cyclic N) is 1. The maximum atomic E-state index is 12.6. The lowest BCUT2D eigenvalue weighted by atomic mass is 10.2. The Morgan fingerprint density at radius 3 is 2.60 bits per heavy atom. The summed E-state index contributed by atoms with van der Waals surface area (Å²) in [7, 11) is 0. The number of nitrogens with one attached hydrogen (secondary N) is 1. The Morgan fingerprint density at radius 2 is 1.95 bits per heavy atom. The molecule has 1 saturated heterocycles. The second-order valence-electron chi connectivity index (χ2n) is 5.12. The van der Waals surface area contributed by atoms with Crippen molar-refractivity contribution in [3.63, 3.8) is 0 Å². The molecule has 1 atom stereocenters. The third-order valence-corrected chi connectivity index (χ3v) is 3.40. The van der Waals surface area contributed by atoms with E-state index in [1.54, 1.807) is 6.07 Å². The normalized spacial score (nSPS) is 18.2. The molecule has 6 heteroatoms. The molecule has 1 aliphatic rings. The molecular formula is C14H19F3N2O. The van der Waals surface area contributed by atoms with Crippen molar-refractivity contribution >= 4 is 5.69 Å². The van der Waals surface area contributed by atoms with Gasteiger partial charge < -0.3 is 15.3 Å². The fourth-order valence-electron chi connectivity index (χ4n) is 2.37. The van der Waals surface area contributed by atoms with E-state index in [2.05, 4.69) is 10.2 Å². The summed E-state index contributed by atoms with van der Waals surface area (Å²) in [6.45, 7) is 2.78. The second kappa shape index (κ2) is 6.45. The number of anilines is 1. The van der Waals surface area contributed by atoms with Gasteiger partial charge in [-0.1, -0.05) is 6.07 Å². The monoisotopic (exact) mass is 288 g/mol. The van der Waals surface area contributed by atoms with Crippen molar-refractivity contribution in [3.8, 4) is 0 Å². The number of halogens is 3. The first-order valence-corrected chi connectivity index (χ1v) is 6.77. The molecular weight excluding hydrogens is 269 g/mol.